The smallest absolute Gasteiger partial charge is 0.310 e. The number of benzene rings is 2. The Bertz CT molecular complexity index is 1100. The van der Waals surface area contributed by atoms with E-state index < -0.39 is 15.9 Å². The number of aryl methyl sites for hydroxylation is 3. The Balaban J connectivity index is 1.68. The largest absolute Gasteiger partial charge is 0.466 e. The topological polar surface area (TPSA) is 92.8 Å². The lowest BCUT2D eigenvalue weighted by Crippen LogP contribution is -2.44. The van der Waals surface area contributed by atoms with E-state index in [2.05, 4.69) is 5.32 Å². The van der Waals surface area contributed by atoms with E-state index in [1.807, 2.05) is 32.9 Å². The molecule has 0 saturated carbocycles. The molecule has 1 amide bonds. The zero-order chi connectivity index (χ0) is 24.2. The molecule has 8 heteroatoms. The molecule has 2 aromatic rings. The highest BCUT2D eigenvalue weighted by Crippen LogP contribution is 2.29. The monoisotopic (exact) mass is 472 g/mol. The van der Waals surface area contributed by atoms with Gasteiger partial charge in [-0.15, -0.1) is 0 Å². The first-order valence-corrected chi connectivity index (χ1v) is 12.7. The molecule has 0 radical (unpaired) electrons. The molecule has 0 aliphatic carbocycles. The number of hydrogen-bond acceptors (Lipinski definition) is 5. The number of sulfonamides is 1. The second-order valence-corrected chi connectivity index (χ2v) is 10.5. The van der Waals surface area contributed by atoms with Crippen LogP contribution in [-0.2, 0) is 30.8 Å². The fourth-order valence-corrected chi connectivity index (χ4v) is 6.34. The fraction of sp³-hybridized carbons (Fsp3) is 0.440. The molecular formula is C25H32N2O5S. The van der Waals surface area contributed by atoms with Gasteiger partial charge >= 0.3 is 5.97 Å². The van der Waals surface area contributed by atoms with Crippen LogP contribution < -0.4 is 5.32 Å². The van der Waals surface area contributed by atoms with Crippen LogP contribution in [0.3, 0.4) is 0 Å². The van der Waals surface area contributed by atoms with E-state index in [1.165, 1.54) is 4.31 Å². The van der Waals surface area contributed by atoms with Crippen LogP contribution in [0.4, 0.5) is 5.69 Å². The van der Waals surface area contributed by atoms with Crippen LogP contribution >= 0.6 is 0 Å². The Morgan fingerprint density at radius 3 is 2.33 bits per heavy atom. The van der Waals surface area contributed by atoms with Gasteiger partial charge in [-0.1, -0.05) is 29.8 Å². The van der Waals surface area contributed by atoms with Gasteiger partial charge in [-0.25, -0.2) is 8.42 Å². The first kappa shape index (κ1) is 24.9. The van der Waals surface area contributed by atoms with E-state index in [-0.39, 0.29) is 24.8 Å². The number of amides is 1. The molecule has 178 valence electrons. The van der Waals surface area contributed by atoms with Crippen LogP contribution in [0.5, 0.6) is 0 Å². The van der Waals surface area contributed by atoms with Crippen molar-refractivity contribution in [3.8, 4) is 0 Å². The van der Waals surface area contributed by atoms with Gasteiger partial charge in [0.2, 0.25) is 15.9 Å². The highest BCUT2D eigenvalue weighted by Gasteiger charge is 2.34. The zero-order valence-electron chi connectivity index (χ0n) is 19.7. The molecule has 0 spiro atoms. The number of anilines is 1. The first-order chi connectivity index (χ1) is 15.6. The van der Waals surface area contributed by atoms with Crippen molar-refractivity contribution in [2.45, 2.75) is 51.9 Å². The van der Waals surface area contributed by atoms with Gasteiger partial charge < -0.3 is 10.1 Å². The van der Waals surface area contributed by atoms with E-state index in [4.69, 9.17) is 4.74 Å². The van der Waals surface area contributed by atoms with E-state index in [9.17, 15) is 18.0 Å². The minimum atomic E-state index is -3.69. The molecule has 1 aliphatic rings. The molecule has 0 bridgehead atoms. The van der Waals surface area contributed by atoms with Crippen molar-refractivity contribution in [2.24, 2.45) is 5.92 Å². The Labute approximate surface area is 196 Å². The summed E-state index contributed by atoms with van der Waals surface area (Å²) in [5.74, 6) is -0.930. The molecule has 1 atom stereocenters. The summed E-state index contributed by atoms with van der Waals surface area (Å²) in [6.07, 6.45) is 1.43. The van der Waals surface area contributed by atoms with Gasteiger partial charge in [-0.2, -0.15) is 4.31 Å². The molecule has 3 rings (SSSR count). The summed E-state index contributed by atoms with van der Waals surface area (Å²) >= 11 is 0. The Morgan fingerprint density at radius 1 is 1.09 bits per heavy atom. The van der Waals surface area contributed by atoms with Crippen molar-refractivity contribution in [3.05, 3.63) is 58.7 Å². The zero-order valence-corrected chi connectivity index (χ0v) is 20.5. The number of carbonyl (C=O) groups excluding carboxylic acids is 2. The van der Waals surface area contributed by atoms with Crippen molar-refractivity contribution in [1.29, 1.82) is 0 Å². The summed E-state index contributed by atoms with van der Waals surface area (Å²) in [5.41, 5.74) is 3.88. The highest BCUT2D eigenvalue weighted by molar-refractivity contribution is 7.89. The number of esters is 1. The van der Waals surface area contributed by atoms with Gasteiger partial charge in [0.1, 0.15) is 0 Å². The molecule has 2 aromatic carbocycles. The molecular weight excluding hydrogens is 440 g/mol. The number of rotatable bonds is 7. The number of nitrogens with one attached hydrogen (secondary N) is 1. The summed E-state index contributed by atoms with van der Waals surface area (Å²) in [5, 5.41) is 2.88. The van der Waals surface area contributed by atoms with Crippen LogP contribution in [0.2, 0.25) is 0 Å². The van der Waals surface area contributed by atoms with Crippen molar-refractivity contribution < 1.29 is 22.7 Å². The van der Waals surface area contributed by atoms with Crippen molar-refractivity contribution in [3.63, 3.8) is 0 Å². The predicted molar refractivity (Wildman–Crippen MR) is 128 cm³/mol. The number of piperidine rings is 1. The number of nitrogens with zero attached hydrogens (tertiary/aromatic N) is 1. The summed E-state index contributed by atoms with van der Waals surface area (Å²) in [6.45, 7) is 8.23. The standard InChI is InChI=1S/C25H32N2O5S/c1-5-32-23(28)15-20-8-10-22(11-9-20)26-25(29)21-7-6-12-27(16-21)33(30,31)24-18(3)13-17(2)14-19(24)4/h8-11,13-14,21H,5-7,12,15-16H2,1-4H3,(H,26,29)/t21-/m0/s1. The van der Waals surface area contributed by atoms with Crippen LogP contribution in [0.25, 0.3) is 0 Å². The van der Waals surface area contributed by atoms with Gasteiger partial charge in [0, 0.05) is 18.8 Å². The maximum Gasteiger partial charge on any atom is 0.310 e. The second-order valence-electron chi connectivity index (χ2n) is 8.60. The third-order valence-electron chi connectivity index (χ3n) is 5.83. The van der Waals surface area contributed by atoms with Crippen LogP contribution in [0.1, 0.15) is 42.0 Å². The summed E-state index contributed by atoms with van der Waals surface area (Å²) < 4.78 is 33.2. The molecule has 0 aromatic heterocycles. The first-order valence-electron chi connectivity index (χ1n) is 11.2. The Morgan fingerprint density at radius 2 is 1.73 bits per heavy atom. The van der Waals surface area contributed by atoms with Gasteiger partial charge in [0.25, 0.3) is 0 Å². The summed E-state index contributed by atoms with van der Waals surface area (Å²) in [6, 6.07) is 10.8. The molecule has 0 unspecified atom stereocenters. The lowest BCUT2D eigenvalue weighted by molar-refractivity contribution is -0.142. The number of ether oxygens (including phenoxy) is 1. The molecule has 1 heterocycles. The Kier molecular flexibility index (Phi) is 7.92. The molecule has 33 heavy (non-hydrogen) atoms. The van der Waals surface area contributed by atoms with E-state index in [1.54, 1.807) is 31.2 Å². The normalized spacial score (nSPS) is 16.9. The summed E-state index contributed by atoms with van der Waals surface area (Å²) in [4.78, 5) is 24.8. The van der Waals surface area contributed by atoms with Gasteiger partial charge in [0.15, 0.2) is 0 Å². The minimum absolute atomic E-state index is 0.155. The Hall–Kier alpha value is -2.71. The molecule has 1 aliphatic heterocycles. The second kappa shape index (κ2) is 10.5. The maximum atomic E-state index is 13.4. The van der Waals surface area contributed by atoms with Gasteiger partial charge in [0.05, 0.1) is 23.8 Å². The molecule has 7 nitrogen and oxygen atoms in total. The molecule has 1 N–H and O–H groups in total. The molecule has 1 saturated heterocycles. The van der Waals surface area contributed by atoms with Crippen molar-refractivity contribution >= 4 is 27.6 Å². The number of carbonyl (C=O) groups is 2. The highest BCUT2D eigenvalue weighted by atomic mass is 32.2. The van der Waals surface area contributed by atoms with E-state index in [0.29, 0.717) is 36.6 Å². The average molecular weight is 473 g/mol. The van der Waals surface area contributed by atoms with Crippen LogP contribution in [-0.4, -0.2) is 44.3 Å². The van der Waals surface area contributed by atoms with E-state index in [0.717, 1.165) is 22.3 Å². The van der Waals surface area contributed by atoms with Crippen molar-refractivity contribution in [2.75, 3.05) is 25.0 Å². The minimum Gasteiger partial charge on any atom is -0.466 e. The third kappa shape index (κ3) is 6.00. The quantitative estimate of drug-likeness (QED) is 0.620. The third-order valence-corrected chi connectivity index (χ3v) is 8.00. The average Bonchev–Trinajstić information content (AvgIpc) is 2.74. The summed E-state index contributed by atoms with van der Waals surface area (Å²) in [7, 11) is -3.69. The molecule has 1 fully saturated rings. The number of hydrogen-bond donors (Lipinski definition) is 1. The van der Waals surface area contributed by atoms with Gasteiger partial charge in [-0.05, 0) is 69.4 Å². The maximum absolute atomic E-state index is 13.4. The fourth-order valence-electron chi connectivity index (χ4n) is 4.41. The van der Waals surface area contributed by atoms with E-state index >= 15 is 0 Å². The van der Waals surface area contributed by atoms with Crippen molar-refractivity contribution in [1.82, 2.24) is 4.31 Å². The van der Waals surface area contributed by atoms with Crippen LogP contribution in [0, 0.1) is 26.7 Å². The lowest BCUT2D eigenvalue weighted by atomic mass is 9.98. The van der Waals surface area contributed by atoms with Crippen LogP contribution in [0.15, 0.2) is 41.3 Å². The SMILES string of the molecule is CCOC(=O)Cc1ccc(NC(=O)[C@H]2CCCN(S(=O)(=O)c3c(C)cc(C)cc3C)C2)cc1. The predicted octanol–water partition coefficient (Wildman–Crippen LogP) is 3.76. The lowest BCUT2D eigenvalue weighted by Gasteiger charge is -2.32. The van der Waals surface area contributed by atoms with Gasteiger partial charge in [-0.3, -0.25) is 9.59 Å².